The van der Waals surface area contributed by atoms with Crippen LogP contribution in [-0.2, 0) is 10.0 Å². The predicted octanol–water partition coefficient (Wildman–Crippen LogP) is 1.39. The third kappa shape index (κ3) is 3.80. The fourth-order valence-electron chi connectivity index (χ4n) is 1.52. The standard InChI is InChI=1S/C12H19NO3S/c1-10-5-7-11(8-6-10)17(15,16)13(4)9-12(2,3)14/h5-8,14H,9H2,1-4H3. The van der Waals surface area contributed by atoms with Gasteiger partial charge in [0.05, 0.1) is 10.5 Å². The van der Waals surface area contributed by atoms with E-state index in [4.69, 9.17) is 0 Å². The van der Waals surface area contributed by atoms with Crippen molar-refractivity contribution in [2.75, 3.05) is 13.6 Å². The molecule has 17 heavy (non-hydrogen) atoms. The normalized spacial score (nSPS) is 13.1. The Bertz CT molecular complexity index is 471. The molecule has 0 bridgehead atoms. The van der Waals surface area contributed by atoms with E-state index < -0.39 is 15.6 Å². The summed E-state index contributed by atoms with van der Waals surface area (Å²) in [4.78, 5) is 0.245. The molecule has 0 aromatic heterocycles. The fraction of sp³-hybridized carbons (Fsp3) is 0.500. The Labute approximate surface area is 103 Å². The number of sulfonamides is 1. The molecule has 0 saturated heterocycles. The number of hydrogen-bond acceptors (Lipinski definition) is 3. The molecule has 1 aromatic carbocycles. The van der Waals surface area contributed by atoms with Crippen LogP contribution in [0.5, 0.6) is 0 Å². The van der Waals surface area contributed by atoms with Crippen LogP contribution in [0.25, 0.3) is 0 Å². The Morgan fingerprint density at radius 1 is 1.24 bits per heavy atom. The molecule has 0 atom stereocenters. The Kier molecular flexibility index (Phi) is 3.96. The van der Waals surface area contributed by atoms with Crippen molar-refractivity contribution in [3.8, 4) is 0 Å². The van der Waals surface area contributed by atoms with Crippen molar-refractivity contribution in [2.45, 2.75) is 31.3 Å². The first kappa shape index (κ1) is 14.2. The molecular formula is C12H19NO3S. The summed E-state index contributed by atoms with van der Waals surface area (Å²) >= 11 is 0. The molecule has 1 N–H and O–H groups in total. The number of hydrogen-bond donors (Lipinski definition) is 1. The minimum atomic E-state index is -3.52. The summed E-state index contributed by atoms with van der Waals surface area (Å²) in [6.45, 7) is 5.11. The molecule has 0 fully saturated rings. The Morgan fingerprint density at radius 2 is 1.71 bits per heavy atom. The molecule has 1 aromatic rings. The van der Waals surface area contributed by atoms with Gasteiger partial charge in [-0.1, -0.05) is 17.7 Å². The lowest BCUT2D eigenvalue weighted by molar-refractivity contribution is 0.0640. The van der Waals surface area contributed by atoms with E-state index in [9.17, 15) is 13.5 Å². The summed E-state index contributed by atoms with van der Waals surface area (Å²) in [5.41, 5.74) is -0.0407. The lowest BCUT2D eigenvalue weighted by Gasteiger charge is -2.25. The monoisotopic (exact) mass is 257 g/mol. The highest BCUT2D eigenvalue weighted by Crippen LogP contribution is 2.17. The highest BCUT2D eigenvalue weighted by molar-refractivity contribution is 7.89. The van der Waals surface area contributed by atoms with E-state index in [1.807, 2.05) is 6.92 Å². The third-order valence-electron chi connectivity index (χ3n) is 2.34. The largest absolute Gasteiger partial charge is 0.389 e. The van der Waals surface area contributed by atoms with E-state index in [2.05, 4.69) is 0 Å². The summed E-state index contributed by atoms with van der Waals surface area (Å²) < 4.78 is 25.4. The van der Waals surface area contributed by atoms with E-state index >= 15 is 0 Å². The Morgan fingerprint density at radius 3 is 2.12 bits per heavy atom. The first-order valence-electron chi connectivity index (χ1n) is 5.38. The molecule has 0 amide bonds. The average molecular weight is 257 g/mol. The van der Waals surface area contributed by atoms with Gasteiger partial charge in [-0.3, -0.25) is 0 Å². The molecule has 1 rings (SSSR count). The molecule has 4 nitrogen and oxygen atoms in total. The van der Waals surface area contributed by atoms with Gasteiger partial charge in [0.1, 0.15) is 0 Å². The smallest absolute Gasteiger partial charge is 0.242 e. The van der Waals surface area contributed by atoms with Gasteiger partial charge < -0.3 is 5.11 Å². The zero-order chi connectivity index (χ0) is 13.3. The van der Waals surface area contributed by atoms with Crippen LogP contribution in [0.3, 0.4) is 0 Å². The summed E-state index contributed by atoms with van der Waals surface area (Å²) in [6, 6.07) is 6.66. The van der Waals surface area contributed by atoms with Gasteiger partial charge in [0.25, 0.3) is 0 Å². The highest BCUT2D eigenvalue weighted by Gasteiger charge is 2.26. The van der Waals surface area contributed by atoms with E-state index in [1.54, 1.807) is 38.1 Å². The lowest BCUT2D eigenvalue weighted by atomic mass is 10.1. The summed E-state index contributed by atoms with van der Waals surface area (Å²) in [7, 11) is -2.05. The molecule has 0 aliphatic rings. The zero-order valence-electron chi connectivity index (χ0n) is 10.6. The number of aryl methyl sites for hydroxylation is 1. The maximum absolute atomic E-state index is 12.1. The lowest BCUT2D eigenvalue weighted by Crippen LogP contribution is -2.39. The third-order valence-corrected chi connectivity index (χ3v) is 4.16. The van der Waals surface area contributed by atoms with Crippen LogP contribution in [-0.4, -0.2) is 37.0 Å². The van der Waals surface area contributed by atoms with Gasteiger partial charge in [0.2, 0.25) is 10.0 Å². The van der Waals surface area contributed by atoms with Crippen LogP contribution < -0.4 is 0 Å². The Hall–Kier alpha value is -0.910. The number of likely N-dealkylation sites (N-methyl/N-ethyl adjacent to an activating group) is 1. The maximum atomic E-state index is 12.1. The molecule has 0 saturated carbocycles. The minimum Gasteiger partial charge on any atom is -0.389 e. The van der Waals surface area contributed by atoms with Crippen LogP contribution in [0.2, 0.25) is 0 Å². The Balaban J connectivity index is 2.99. The second-order valence-electron chi connectivity index (χ2n) is 4.89. The summed E-state index contributed by atoms with van der Waals surface area (Å²) in [5, 5.41) is 9.64. The highest BCUT2D eigenvalue weighted by atomic mass is 32.2. The zero-order valence-corrected chi connectivity index (χ0v) is 11.5. The van der Waals surface area contributed by atoms with Crippen LogP contribution in [0.15, 0.2) is 29.2 Å². The average Bonchev–Trinajstić information content (AvgIpc) is 2.15. The topological polar surface area (TPSA) is 57.6 Å². The van der Waals surface area contributed by atoms with Gasteiger partial charge in [0.15, 0.2) is 0 Å². The molecule has 0 aliphatic carbocycles. The molecule has 0 heterocycles. The van der Waals surface area contributed by atoms with E-state index in [1.165, 1.54) is 7.05 Å². The SMILES string of the molecule is Cc1ccc(S(=O)(=O)N(C)CC(C)(C)O)cc1. The molecule has 0 spiro atoms. The summed E-state index contributed by atoms with van der Waals surface area (Å²) in [5.74, 6) is 0. The molecule has 96 valence electrons. The predicted molar refractivity (Wildman–Crippen MR) is 67.3 cm³/mol. The van der Waals surface area contributed by atoms with Gasteiger partial charge in [-0.25, -0.2) is 8.42 Å². The number of aliphatic hydroxyl groups is 1. The van der Waals surface area contributed by atoms with Crippen LogP contribution in [0, 0.1) is 6.92 Å². The second-order valence-corrected chi connectivity index (χ2v) is 6.93. The summed E-state index contributed by atoms with van der Waals surface area (Å²) in [6.07, 6.45) is 0. The van der Waals surface area contributed by atoms with Gasteiger partial charge in [-0.15, -0.1) is 0 Å². The number of rotatable bonds is 4. The fourth-order valence-corrected chi connectivity index (χ4v) is 2.85. The minimum absolute atomic E-state index is 0.0587. The van der Waals surface area contributed by atoms with Gasteiger partial charge in [0, 0.05) is 13.6 Å². The van der Waals surface area contributed by atoms with Crippen LogP contribution >= 0.6 is 0 Å². The second kappa shape index (κ2) is 4.76. The molecule has 5 heteroatoms. The van der Waals surface area contributed by atoms with Gasteiger partial charge >= 0.3 is 0 Å². The van der Waals surface area contributed by atoms with Crippen molar-refractivity contribution >= 4 is 10.0 Å². The van der Waals surface area contributed by atoms with E-state index in [0.29, 0.717) is 0 Å². The van der Waals surface area contributed by atoms with E-state index in [-0.39, 0.29) is 11.4 Å². The first-order valence-corrected chi connectivity index (χ1v) is 6.82. The molecule has 0 unspecified atom stereocenters. The maximum Gasteiger partial charge on any atom is 0.242 e. The van der Waals surface area contributed by atoms with Crippen molar-refractivity contribution < 1.29 is 13.5 Å². The van der Waals surface area contributed by atoms with Crippen molar-refractivity contribution in [2.24, 2.45) is 0 Å². The van der Waals surface area contributed by atoms with Crippen molar-refractivity contribution in [1.29, 1.82) is 0 Å². The first-order chi connectivity index (χ1) is 7.63. The number of benzene rings is 1. The quantitative estimate of drug-likeness (QED) is 0.886. The van der Waals surface area contributed by atoms with E-state index in [0.717, 1.165) is 9.87 Å². The molecule has 0 radical (unpaired) electrons. The van der Waals surface area contributed by atoms with Crippen LogP contribution in [0.1, 0.15) is 19.4 Å². The van der Waals surface area contributed by atoms with Crippen molar-refractivity contribution in [1.82, 2.24) is 4.31 Å². The molecule has 0 aliphatic heterocycles. The van der Waals surface area contributed by atoms with Gasteiger partial charge in [-0.05, 0) is 32.9 Å². The van der Waals surface area contributed by atoms with Crippen molar-refractivity contribution in [3.63, 3.8) is 0 Å². The van der Waals surface area contributed by atoms with Gasteiger partial charge in [-0.2, -0.15) is 4.31 Å². The van der Waals surface area contributed by atoms with Crippen LogP contribution in [0.4, 0.5) is 0 Å². The number of nitrogens with zero attached hydrogens (tertiary/aromatic N) is 1. The molecular weight excluding hydrogens is 238 g/mol. The van der Waals surface area contributed by atoms with Crippen molar-refractivity contribution in [3.05, 3.63) is 29.8 Å².